The topological polar surface area (TPSA) is 26.0 Å². The fourth-order valence-corrected chi connectivity index (χ4v) is 12.0. The summed E-state index contributed by atoms with van der Waals surface area (Å²) in [7, 11) is 0. The third-order valence-electron chi connectivity index (χ3n) is 7.57. The van der Waals surface area contributed by atoms with E-state index < -0.39 is 40.0 Å². The van der Waals surface area contributed by atoms with E-state index in [4.69, 9.17) is 145 Å². The minimum absolute atomic E-state index is 0.000792. The van der Waals surface area contributed by atoms with E-state index in [1.165, 1.54) is 0 Å². The van der Waals surface area contributed by atoms with Crippen molar-refractivity contribution < 1.29 is 0 Å². The van der Waals surface area contributed by atoms with Crippen LogP contribution in [-0.4, -0.2) is 28.2 Å². The molecule has 1 aromatic carbocycles. The normalized spacial score (nSPS) is 45.7. The van der Waals surface area contributed by atoms with Crippen LogP contribution in [0.5, 0.6) is 0 Å². The Labute approximate surface area is 248 Å². The molecule has 13 heteroatoms. The summed E-state index contributed by atoms with van der Waals surface area (Å²) in [6.45, 7) is 0. The maximum Gasteiger partial charge on any atom is 0.174 e. The van der Waals surface area contributed by atoms with Gasteiger partial charge in [0.2, 0.25) is 0 Å². The van der Waals surface area contributed by atoms with E-state index in [0.29, 0.717) is 28.0 Å². The first kappa shape index (κ1) is 25.0. The Balaban J connectivity index is 1.83. The van der Waals surface area contributed by atoms with Crippen molar-refractivity contribution in [1.29, 1.82) is 0 Å². The van der Waals surface area contributed by atoms with Crippen LogP contribution in [0.1, 0.15) is 17.0 Å². The molecule has 0 unspecified atom stereocenters. The lowest BCUT2D eigenvalue weighted by Gasteiger charge is -2.46. The van der Waals surface area contributed by atoms with Gasteiger partial charge in [-0.25, -0.2) is 0 Å². The number of hydrogen-bond donors (Lipinski definition) is 1. The van der Waals surface area contributed by atoms with Gasteiger partial charge in [0, 0.05) is 17.5 Å². The summed E-state index contributed by atoms with van der Waals surface area (Å²) in [4.78, 5) is -6.85. The maximum absolute atomic E-state index is 7.22. The van der Waals surface area contributed by atoms with E-state index in [1.54, 1.807) is 18.2 Å². The van der Waals surface area contributed by atoms with E-state index >= 15 is 0 Å². The zero-order chi connectivity index (χ0) is 24.5. The summed E-state index contributed by atoms with van der Waals surface area (Å²) in [5.74, 6) is -1.60. The second-order valence-electron chi connectivity index (χ2n) is 8.74. The Hall–Kier alpha value is 1.72. The highest BCUT2D eigenvalue weighted by atomic mass is 35.5. The van der Waals surface area contributed by atoms with Gasteiger partial charge >= 0.3 is 0 Å². The Morgan fingerprint density at radius 1 is 0.636 bits per heavy atom. The SMILES string of the molecule is Nc1ccc2c(c1)[C@@H]1[C@H](C3=C2[C@]2(Cl)C(Cl)=C(Cl)[C@]3(Cl)C2(Cl)Cl)[C@]2(Cl)C(Cl)=C(Cl)[C@]1(Cl)C2(Cl)Cl. The van der Waals surface area contributed by atoms with Crippen LogP contribution in [0.4, 0.5) is 5.69 Å². The van der Waals surface area contributed by atoms with Crippen molar-refractivity contribution in [2.75, 3.05) is 5.73 Å². The van der Waals surface area contributed by atoms with E-state index in [0.717, 1.165) is 0 Å². The van der Waals surface area contributed by atoms with Crippen molar-refractivity contribution in [2.24, 2.45) is 5.92 Å². The minimum atomic E-state index is -1.91. The smallest absolute Gasteiger partial charge is 0.174 e. The van der Waals surface area contributed by atoms with E-state index in [2.05, 4.69) is 0 Å². The minimum Gasteiger partial charge on any atom is -0.399 e. The number of fused-ring (bicyclic) bond motifs is 13. The highest BCUT2D eigenvalue weighted by Crippen LogP contribution is 2.86. The molecule has 2 N–H and O–H groups in total. The van der Waals surface area contributed by atoms with Crippen LogP contribution < -0.4 is 5.73 Å². The van der Waals surface area contributed by atoms with Gasteiger partial charge in [0.05, 0.1) is 20.1 Å². The fraction of sp³-hybridized carbons (Fsp3) is 0.400. The summed E-state index contributed by atoms with van der Waals surface area (Å²) >= 11 is 83.0. The van der Waals surface area contributed by atoms with Crippen LogP contribution in [0.2, 0.25) is 0 Å². The van der Waals surface area contributed by atoms with Gasteiger partial charge in [-0.3, -0.25) is 0 Å². The van der Waals surface area contributed by atoms with Gasteiger partial charge in [0.15, 0.2) is 8.67 Å². The lowest BCUT2D eigenvalue weighted by molar-refractivity contribution is 0.444. The predicted molar refractivity (Wildman–Crippen MR) is 145 cm³/mol. The molecule has 6 rings (SSSR count). The van der Waals surface area contributed by atoms with Crippen LogP contribution >= 0.6 is 139 Å². The Kier molecular flexibility index (Phi) is 5.04. The van der Waals surface area contributed by atoms with E-state index in [9.17, 15) is 0 Å². The summed E-state index contributed by atoms with van der Waals surface area (Å²) in [5.41, 5.74) is 8.65. The molecule has 176 valence electrons. The number of nitrogens with two attached hydrogens (primary N) is 1. The number of allylic oxidation sites excluding steroid dienone is 6. The van der Waals surface area contributed by atoms with Gasteiger partial charge in [0.1, 0.15) is 19.5 Å². The number of nitrogen functional groups attached to an aromatic ring is 1. The standard InChI is InChI=1S/C20H7Cl12N/c21-11-13(23)17(27)9-7(15(11,25)19(17,29)30)5-2-1-4(33)3-6(5)8-10(9)18(28)14(24)12(22)16(8,26)20(18,31)32/h1-3,8,10H,33H2/t8-,10-,15+,16+,17+,18+/m1/s1. The lowest BCUT2D eigenvalue weighted by atomic mass is 9.64. The van der Waals surface area contributed by atoms with Gasteiger partial charge in [-0.1, -0.05) is 98.9 Å². The molecule has 0 heterocycles. The fourth-order valence-electron chi connectivity index (χ4n) is 6.24. The Bertz CT molecular complexity index is 1310. The number of halogens is 12. The number of alkyl halides is 8. The molecule has 0 radical (unpaired) electrons. The van der Waals surface area contributed by atoms with Crippen molar-refractivity contribution in [3.63, 3.8) is 0 Å². The number of benzene rings is 1. The summed E-state index contributed by atoms with van der Waals surface area (Å²) in [6, 6.07) is 5.16. The van der Waals surface area contributed by atoms with Crippen molar-refractivity contribution >= 4 is 150 Å². The maximum atomic E-state index is 7.22. The second kappa shape index (κ2) is 6.64. The molecule has 0 spiro atoms. The van der Waals surface area contributed by atoms with E-state index in [1.807, 2.05) is 0 Å². The molecule has 0 aliphatic heterocycles. The molecule has 0 amide bonds. The molecule has 1 nitrogen and oxygen atoms in total. The summed E-state index contributed by atoms with van der Waals surface area (Å²) in [5, 5.41) is -0.0193. The number of hydrogen-bond acceptors (Lipinski definition) is 1. The molecular weight excluding hydrogens is 680 g/mol. The highest BCUT2D eigenvalue weighted by molar-refractivity contribution is 6.70. The molecular formula is C20H7Cl12N. The third kappa shape index (κ3) is 2.11. The van der Waals surface area contributed by atoms with Crippen LogP contribution in [0.25, 0.3) is 5.57 Å². The Morgan fingerprint density at radius 3 is 1.73 bits per heavy atom. The quantitative estimate of drug-likeness (QED) is 0.214. The molecule has 1 aromatic rings. The molecule has 5 aliphatic carbocycles. The van der Waals surface area contributed by atoms with Gasteiger partial charge < -0.3 is 5.73 Å². The Morgan fingerprint density at radius 2 is 1.15 bits per heavy atom. The van der Waals surface area contributed by atoms with Gasteiger partial charge in [-0.15, -0.1) is 46.4 Å². The average molecular weight is 687 g/mol. The lowest BCUT2D eigenvalue weighted by Crippen LogP contribution is -2.49. The zero-order valence-electron chi connectivity index (χ0n) is 15.5. The van der Waals surface area contributed by atoms with Crippen molar-refractivity contribution in [3.05, 3.63) is 55.0 Å². The van der Waals surface area contributed by atoms with Gasteiger partial charge in [-0.2, -0.15) is 0 Å². The van der Waals surface area contributed by atoms with Crippen molar-refractivity contribution in [1.82, 2.24) is 0 Å². The molecule has 1 saturated carbocycles. The van der Waals surface area contributed by atoms with Crippen molar-refractivity contribution in [3.8, 4) is 0 Å². The molecule has 5 aliphatic rings. The van der Waals surface area contributed by atoms with Crippen LogP contribution in [-0.2, 0) is 0 Å². The molecule has 4 bridgehead atoms. The second-order valence-corrected chi connectivity index (χ2v) is 15.2. The highest BCUT2D eigenvalue weighted by Gasteiger charge is 2.88. The first-order valence-electron chi connectivity index (χ1n) is 9.28. The molecule has 0 saturated heterocycles. The van der Waals surface area contributed by atoms with Gasteiger partial charge in [-0.05, 0) is 34.4 Å². The molecule has 1 fully saturated rings. The third-order valence-corrected chi connectivity index (χ3v) is 15.9. The first-order valence-corrected chi connectivity index (χ1v) is 13.8. The summed E-state index contributed by atoms with van der Waals surface area (Å²) in [6.07, 6.45) is 0. The van der Waals surface area contributed by atoms with Crippen LogP contribution in [0.3, 0.4) is 0 Å². The summed E-state index contributed by atoms with van der Waals surface area (Å²) < 4.78 is -3.79. The predicted octanol–water partition coefficient (Wildman–Crippen LogP) is 9.43. The van der Waals surface area contributed by atoms with Crippen LogP contribution in [0.15, 0.2) is 43.9 Å². The monoisotopic (exact) mass is 681 g/mol. The number of rotatable bonds is 0. The largest absolute Gasteiger partial charge is 0.399 e. The zero-order valence-corrected chi connectivity index (χ0v) is 24.6. The van der Waals surface area contributed by atoms with Crippen molar-refractivity contribution in [2.45, 2.75) is 34.1 Å². The number of anilines is 1. The van der Waals surface area contributed by atoms with Gasteiger partial charge in [0.25, 0.3) is 0 Å². The van der Waals surface area contributed by atoms with Crippen LogP contribution in [0, 0.1) is 5.92 Å². The van der Waals surface area contributed by atoms with E-state index in [-0.39, 0.29) is 20.1 Å². The first-order chi connectivity index (χ1) is 15.0. The average Bonchev–Trinajstić information content (AvgIpc) is 3.08. The molecule has 6 atom stereocenters. The molecule has 0 aromatic heterocycles. The molecule has 33 heavy (non-hydrogen) atoms.